The molecule has 3 heteroatoms. The molecule has 0 bridgehead atoms. The van der Waals surface area contributed by atoms with Crippen LogP contribution in [-0.2, 0) is 4.74 Å². The van der Waals surface area contributed by atoms with Gasteiger partial charge in [-0.3, -0.25) is 4.79 Å². The third-order valence-corrected chi connectivity index (χ3v) is 2.30. The molecule has 0 aromatic heterocycles. The largest absolute Gasteiger partial charge is 0.497 e. The lowest BCUT2D eigenvalue weighted by molar-refractivity contribution is 0.0595. The highest BCUT2D eigenvalue weighted by atomic mass is 16.5. The number of rotatable bonds is 5. The summed E-state index contributed by atoms with van der Waals surface area (Å²) in [6, 6.07) is 7.11. The minimum atomic E-state index is -0.364. The van der Waals surface area contributed by atoms with Crippen LogP contribution in [0.5, 0.6) is 5.75 Å². The molecule has 0 amide bonds. The van der Waals surface area contributed by atoms with Crippen LogP contribution in [0.2, 0.25) is 0 Å². The maximum Gasteiger partial charge on any atom is 0.191 e. The number of Topliss-reactive ketones (excluding diaryl/α,β-unsaturated/α-hetero) is 1. The predicted molar refractivity (Wildman–Crippen MR) is 58.4 cm³/mol. The number of ketones is 1. The van der Waals surface area contributed by atoms with Crippen LogP contribution < -0.4 is 4.74 Å². The first-order valence-electron chi connectivity index (χ1n) is 4.94. The van der Waals surface area contributed by atoms with Crippen LogP contribution in [0.25, 0.3) is 0 Å². The molecule has 0 aliphatic rings. The summed E-state index contributed by atoms with van der Waals surface area (Å²) in [5.74, 6) is 0.686. The average Bonchev–Trinajstić information content (AvgIpc) is 2.30. The van der Waals surface area contributed by atoms with Gasteiger partial charge in [-0.25, -0.2) is 0 Å². The van der Waals surface area contributed by atoms with E-state index in [1.54, 1.807) is 32.4 Å². The number of ether oxygens (including phenoxy) is 2. The van der Waals surface area contributed by atoms with Crippen LogP contribution >= 0.6 is 0 Å². The van der Waals surface area contributed by atoms with Crippen molar-refractivity contribution in [3.05, 3.63) is 29.8 Å². The third-order valence-electron chi connectivity index (χ3n) is 2.30. The van der Waals surface area contributed by atoms with E-state index in [1.165, 1.54) is 0 Å². The molecule has 1 unspecified atom stereocenters. The topological polar surface area (TPSA) is 35.5 Å². The van der Waals surface area contributed by atoms with E-state index in [0.717, 1.165) is 0 Å². The van der Waals surface area contributed by atoms with Crippen LogP contribution in [0.15, 0.2) is 24.3 Å². The van der Waals surface area contributed by atoms with Crippen molar-refractivity contribution in [1.82, 2.24) is 0 Å². The molecule has 0 aliphatic heterocycles. The second-order valence-electron chi connectivity index (χ2n) is 3.23. The summed E-state index contributed by atoms with van der Waals surface area (Å²) in [7, 11) is 3.13. The lowest BCUT2D eigenvalue weighted by atomic mass is 10.0. The minimum Gasteiger partial charge on any atom is -0.497 e. The molecule has 1 aromatic carbocycles. The normalized spacial score (nSPS) is 12.2. The zero-order chi connectivity index (χ0) is 11.3. The van der Waals surface area contributed by atoms with Crippen molar-refractivity contribution in [1.29, 1.82) is 0 Å². The Balaban J connectivity index is 2.90. The van der Waals surface area contributed by atoms with E-state index in [4.69, 9.17) is 9.47 Å². The van der Waals surface area contributed by atoms with Crippen molar-refractivity contribution in [2.75, 3.05) is 14.2 Å². The van der Waals surface area contributed by atoms with Gasteiger partial charge in [-0.2, -0.15) is 0 Å². The van der Waals surface area contributed by atoms with E-state index in [0.29, 0.717) is 17.7 Å². The molecule has 82 valence electrons. The molecule has 0 saturated carbocycles. The molecule has 1 atom stereocenters. The lowest BCUT2D eigenvalue weighted by Gasteiger charge is -2.12. The second kappa shape index (κ2) is 5.51. The zero-order valence-corrected chi connectivity index (χ0v) is 9.32. The van der Waals surface area contributed by atoms with Crippen LogP contribution in [0, 0.1) is 0 Å². The Morgan fingerprint density at radius 3 is 2.67 bits per heavy atom. The Bertz CT molecular complexity index is 329. The van der Waals surface area contributed by atoms with E-state index in [1.807, 2.05) is 13.0 Å². The number of methoxy groups -OCH3 is 2. The minimum absolute atomic E-state index is 0.00102. The summed E-state index contributed by atoms with van der Waals surface area (Å²) in [5.41, 5.74) is 0.628. The fourth-order valence-corrected chi connectivity index (χ4v) is 1.42. The summed E-state index contributed by atoms with van der Waals surface area (Å²) in [5, 5.41) is 0. The molecule has 1 aromatic rings. The SMILES string of the molecule is CCC(OC)C(=O)c1cccc(OC)c1. The summed E-state index contributed by atoms with van der Waals surface area (Å²) in [4.78, 5) is 11.9. The molecule has 1 rings (SSSR count). The first kappa shape index (κ1) is 11.7. The Morgan fingerprint density at radius 1 is 1.40 bits per heavy atom. The van der Waals surface area contributed by atoms with E-state index >= 15 is 0 Å². The maximum atomic E-state index is 11.9. The molecular weight excluding hydrogens is 192 g/mol. The third kappa shape index (κ3) is 2.80. The van der Waals surface area contributed by atoms with Gasteiger partial charge in [0.2, 0.25) is 0 Å². The van der Waals surface area contributed by atoms with Crippen molar-refractivity contribution in [2.24, 2.45) is 0 Å². The summed E-state index contributed by atoms with van der Waals surface area (Å²) in [6.45, 7) is 1.92. The van der Waals surface area contributed by atoms with E-state index in [-0.39, 0.29) is 11.9 Å². The standard InChI is InChI=1S/C12H16O3/c1-4-11(15-3)12(13)9-6-5-7-10(8-9)14-2/h5-8,11H,4H2,1-3H3. The van der Waals surface area contributed by atoms with Crippen molar-refractivity contribution in [2.45, 2.75) is 19.4 Å². The quantitative estimate of drug-likeness (QED) is 0.696. The average molecular weight is 208 g/mol. The number of carbonyl (C=O) groups is 1. The summed E-state index contributed by atoms with van der Waals surface area (Å²) in [6.07, 6.45) is 0.309. The van der Waals surface area contributed by atoms with Crippen molar-refractivity contribution in [3.63, 3.8) is 0 Å². The predicted octanol–water partition coefficient (Wildman–Crippen LogP) is 2.30. The molecule has 0 spiro atoms. The molecular formula is C12H16O3. The molecule has 3 nitrogen and oxygen atoms in total. The highest BCUT2D eigenvalue weighted by Crippen LogP contribution is 2.15. The molecule has 0 fully saturated rings. The van der Waals surface area contributed by atoms with Crippen LogP contribution in [-0.4, -0.2) is 26.1 Å². The number of benzene rings is 1. The first-order chi connectivity index (χ1) is 7.22. The Labute approximate surface area is 90.0 Å². The zero-order valence-electron chi connectivity index (χ0n) is 9.32. The van der Waals surface area contributed by atoms with Crippen molar-refractivity contribution < 1.29 is 14.3 Å². The van der Waals surface area contributed by atoms with Gasteiger partial charge in [0.05, 0.1) is 7.11 Å². The van der Waals surface area contributed by atoms with Gasteiger partial charge in [0.15, 0.2) is 5.78 Å². The van der Waals surface area contributed by atoms with E-state index < -0.39 is 0 Å². The monoisotopic (exact) mass is 208 g/mol. The van der Waals surface area contributed by atoms with Gasteiger partial charge in [-0.05, 0) is 18.6 Å². The van der Waals surface area contributed by atoms with Gasteiger partial charge >= 0.3 is 0 Å². The van der Waals surface area contributed by atoms with Gasteiger partial charge in [-0.15, -0.1) is 0 Å². The maximum absolute atomic E-state index is 11.9. The van der Waals surface area contributed by atoms with Gasteiger partial charge in [0, 0.05) is 12.7 Å². The van der Waals surface area contributed by atoms with E-state index in [9.17, 15) is 4.79 Å². The molecule has 0 radical (unpaired) electrons. The smallest absolute Gasteiger partial charge is 0.191 e. The van der Waals surface area contributed by atoms with Crippen LogP contribution in [0.3, 0.4) is 0 Å². The molecule has 0 N–H and O–H groups in total. The highest BCUT2D eigenvalue weighted by molar-refractivity contribution is 5.99. The summed E-state index contributed by atoms with van der Waals surface area (Å²) < 4.78 is 10.2. The molecule has 0 saturated heterocycles. The molecule has 15 heavy (non-hydrogen) atoms. The van der Waals surface area contributed by atoms with Crippen LogP contribution in [0.1, 0.15) is 23.7 Å². The lowest BCUT2D eigenvalue weighted by Crippen LogP contribution is -2.22. The second-order valence-corrected chi connectivity index (χ2v) is 3.23. The molecule has 0 aliphatic carbocycles. The fraction of sp³-hybridized carbons (Fsp3) is 0.417. The first-order valence-corrected chi connectivity index (χ1v) is 4.94. The van der Waals surface area contributed by atoms with Gasteiger partial charge in [0.1, 0.15) is 11.9 Å². The Hall–Kier alpha value is -1.35. The van der Waals surface area contributed by atoms with Gasteiger partial charge in [0.25, 0.3) is 0 Å². The summed E-state index contributed by atoms with van der Waals surface area (Å²) >= 11 is 0. The Kier molecular flexibility index (Phi) is 4.31. The molecule has 0 heterocycles. The van der Waals surface area contributed by atoms with Crippen molar-refractivity contribution in [3.8, 4) is 5.75 Å². The van der Waals surface area contributed by atoms with Gasteiger partial charge in [-0.1, -0.05) is 19.1 Å². The number of carbonyl (C=O) groups excluding carboxylic acids is 1. The fourth-order valence-electron chi connectivity index (χ4n) is 1.42. The highest BCUT2D eigenvalue weighted by Gasteiger charge is 2.17. The van der Waals surface area contributed by atoms with E-state index in [2.05, 4.69) is 0 Å². The number of hydrogen-bond acceptors (Lipinski definition) is 3. The van der Waals surface area contributed by atoms with Crippen LogP contribution in [0.4, 0.5) is 0 Å². The Morgan fingerprint density at radius 2 is 2.13 bits per heavy atom. The van der Waals surface area contributed by atoms with Gasteiger partial charge < -0.3 is 9.47 Å². The van der Waals surface area contributed by atoms with Crippen molar-refractivity contribution >= 4 is 5.78 Å². The number of hydrogen-bond donors (Lipinski definition) is 0.